The Morgan fingerprint density at radius 2 is 1.52 bits per heavy atom. The Labute approximate surface area is 153 Å². The standard InChI is InChI=1S/C21H34O4/c1-4-7-9-14-20(23-15-5-2)21(24-16-6-3)25-18-22-17-19-12-10-8-11-13-19/h8,10-13H,4-7,9,14-18H2,1-3H3/b21-20-. The highest BCUT2D eigenvalue weighted by Gasteiger charge is 2.12. The third-order valence-electron chi connectivity index (χ3n) is 3.54. The zero-order valence-electron chi connectivity index (χ0n) is 16.1. The van der Waals surface area contributed by atoms with Gasteiger partial charge in [0.1, 0.15) is 0 Å². The first-order valence-corrected chi connectivity index (χ1v) is 9.54. The molecule has 1 rings (SSSR count). The summed E-state index contributed by atoms with van der Waals surface area (Å²) in [7, 11) is 0. The summed E-state index contributed by atoms with van der Waals surface area (Å²) in [6.45, 7) is 8.32. The number of rotatable bonds is 15. The number of allylic oxidation sites excluding steroid dienone is 1. The lowest BCUT2D eigenvalue weighted by molar-refractivity contribution is -0.0890. The lowest BCUT2D eigenvalue weighted by atomic mass is 10.2. The van der Waals surface area contributed by atoms with E-state index in [0.717, 1.165) is 37.0 Å². The van der Waals surface area contributed by atoms with Crippen LogP contribution in [0.15, 0.2) is 42.0 Å². The maximum atomic E-state index is 5.89. The van der Waals surface area contributed by atoms with Gasteiger partial charge in [-0.2, -0.15) is 0 Å². The fourth-order valence-corrected chi connectivity index (χ4v) is 2.22. The predicted octanol–water partition coefficient (Wildman–Crippen LogP) is 5.78. The molecule has 0 heterocycles. The van der Waals surface area contributed by atoms with Crippen molar-refractivity contribution < 1.29 is 18.9 Å². The van der Waals surface area contributed by atoms with E-state index in [-0.39, 0.29) is 6.79 Å². The first kappa shape index (κ1) is 21.4. The molecule has 0 amide bonds. The zero-order valence-corrected chi connectivity index (χ0v) is 16.1. The molecular formula is C21H34O4. The topological polar surface area (TPSA) is 36.9 Å². The Kier molecular flexibility index (Phi) is 12.5. The van der Waals surface area contributed by atoms with E-state index >= 15 is 0 Å². The van der Waals surface area contributed by atoms with Crippen molar-refractivity contribution in [1.82, 2.24) is 0 Å². The molecule has 0 saturated carbocycles. The van der Waals surface area contributed by atoms with Crippen LogP contribution in [0.4, 0.5) is 0 Å². The van der Waals surface area contributed by atoms with Crippen LogP contribution in [0.1, 0.15) is 64.9 Å². The molecule has 25 heavy (non-hydrogen) atoms. The Morgan fingerprint density at radius 3 is 2.20 bits per heavy atom. The largest absolute Gasteiger partial charge is 0.491 e. The normalized spacial score (nSPS) is 11.8. The lowest BCUT2D eigenvalue weighted by Gasteiger charge is -2.17. The molecule has 0 radical (unpaired) electrons. The van der Waals surface area contributed by atoms with Gasteiger partial charge >= 0.3 is 5.95 Å². The van der Waals surface area contributed by atoms with Gasteiger partial charge in [0.2, 0.25) is 0 Å². The molecule has 0 atom stereocenters. The molecule has 0 spiro atoms. The van der Waals surface area contributed by atoms with Crippen molar-refractivity contribution in [2.45, 2.75) is 65.9 Å². The second-order valence-electron chi connectivity index (χ2n) is 5.96. The highest BCUT2D eigenvalue weighted by Crippen LogP contribution is 2.18. The van der Waals surface area contributed by atoms with Crippen molar-refractivity contribution in [2.75, 3.05) is 20.0 Å². The van der Waals surface area contributed by atoms with E-state index in [0.29, 0.717) is 25.8 Å². The molecule has 4 nitrogen and oxygen atoms in total. The molecule has 1 aromatic rings. The van der Waals surface area contributed by atoms with E-state index in [2.05, 4.69) is 20.8 Å². The van der Waals surface area contributed by atoms with Gasteiger partial charge in [-0.25, -0.2) is 0 Å². The molecule has 0 aliphatic rings. The Balaban J connectivity index is 2.58. The molecule has 0 saturated heterocycles. The average molecular weight is 350 g/mol. The van der Waals surface area contributed by atoms with Crippen molar-refractivity contribution in [3.63, 3.8) is 0 Å². The number of benzene rings is 1. The van der Waals surface area contributed by atoms with Crippen molar-refractivity contribution >= 4 is 0 Å². The van der Waals surface area contributed by atoms with Crippen molar-refractivity contribution in [3.8, 4) is 0 Å². The van der Waals surface area contributed by atoms with Gasteiger partial charge in [0.25, 0.3) is 0 Å². The van der Waals surface area contributed by atoms with Gasteiger partial charge in [-0.05, 0) is 24.8 Å². The van der Waals surface area contributed by atoms with Gasteiger partial charge in [-0.3, -0.25) is 0 Å². The Morgan fingerprint density at radius 1 is 0.800 bits per heavy atom. The third kappa shape index (κ3) is 10.0. The molecule has 0 bridgehead atoms. The molecular weight excluding hydrogens is 316 g/mol. The van der Waals surface area contributed by atoms with Gasteiger partial charge in [-0.15, -0.1) is 0 Å². The van der Waals surface area contributed by atoms with Crippen LogP contribution in [0.5, 0.6) is 0 Å². The fraction of sp³-hybridized carbons (Fsp3) is 0.619. The molecule has 0 unspecified atom stereocenters. The second kappa shape index (κ2) is 14.6. The summed E-state index contributed by atoms with van der Waals surface area (Å²) in [6, 6.07) is 10.1. The van der Waals surface area contributed by atoms with E-state index in [1.807, 2.05) is 30.3 Å². The SMILES string of the molecule is CCCCC/C(OCCC)=C(\OCCC)OCOCc1ccccc1. The van der Waals surface area contributed by atoms with Crippen LogP contribution >= 0.6 is 0 Å². The highest BCUT2D eigenvalue weighted by molar-refractivity contribution is 5.13. The van der Waals surface area contributed by atoms with E-state index in [1.54, 1.807) is 0 Å². The summed E-state index contributed by atoms with van der Waals surface area (Å²) in [5.74, 6) is 1.30. The van der Waals surface area contributed by atoms with Crippen LogP contribution in [0.25, 0.3) is 0 Å². The maximum absolute atomic E-state index is 5.89. The van der Waals surface area contributed by atoms with Crippen molar-refractivity contribution in [2.24, 2.45) is 0 Å². The molecule has 0 fully saturated rings. The van der Waals surface area contributed by atoms with Crippen molar-refractivity contribution in [3.05, 3.63) is 47.6 Å². The minimum absolute atomic E-state index is 0.153. The zero-order chi connectivity index (χ0) is 18.2. The number of unbranched alkanes of at least 4 members (excludes halogenated alkanes) is 2. The summed E-state index contributed by atoms with van der Waals surface area (Å²) in [5, 5.41) is 0. The highest BCUT2D eigenvalue weighted by atomic mass is 16.7. The smallest absolute Gasteiger partial charge is 0.321 e. The average Bonchev–Trinajstić information content (AvgIpc) is 2.65. The monoisotopic (exact) mass is 350 g/mol. The van der Waals surface area contributed by atoms with E-state index in [1.165, 1.54) is 12.8 Å². The minimum Gasteiger partial charge on any atom is -0.491 e. The number of ether oxygens (including phenoxy) is 4. The summed E-state index contributed by atoms with van der Waals surface area (Å²) >= 11 is 0. The maximum Gasteiger partial charge on any atom is 0.321 e. The molecule has 4 heteroatoms. The van der Waals surface area contributed by atoms with Gasteiger partial charge in [0.05, 0.1) is 19.8 Å². The Hall–Kier alpha value is -1.68. The first-order valence-electron chi connectivity index (χ1n) is 9.54. The summed E-state index contributed by atoms with van der Waals surface area (Å²) in [4.78, 5) is 0. The lowest BCUT2D eigenvalue weighted by Crippen LogP contribution is -2.09. The fourth-order valence-electron chi connectivity index (χ4n) is 2.22. The number of hydrogen-bond acceptors (Lipinski definition) is 4. The van der Waals surface area contributed by atoms with Crippen LogP contribution in [-0.2, 0) is 25.6 Å². The molecule has 0 aliphatic carbocycles. The van der Waals surface area contributed by atoms with Crippen LogP contribution in [0.3, 0.4) is 0 Å². The molecule has 0 aromatic heterocycles. The molecule has 142 valence electrons. The van der Waals surface area contributed by atoms with E-state index in [9.17, 15) is 0 Å². The molecule has 0 aliphatic heterocycles. The number of hydrogen-bond donors (Lipinski definition) is 0. The summed E-state index contributed by atoms with van der Waals surface area (Å²) in [6.07, 6.45) is 6.14. The first-order chi connectivity index (χ1) is 12.3. The van der Waals surface area contributed by atoms with Crippen LogP contribution in [0, 0.1) is 0 Å². The quantitative estimate of drug-likeness (QED) is 0.228. The summed E-state index contributed by atoms with van der Waals surface area (Å²) in [5.41, 5.74) is 1.12. The molecule has 1 aromatic carbocycles. The van der Waals surface area contributed by atoms with Crippen molar-refractivity contribution in [1.29, 1.82) is 0 Å². The van der Waals surface area contributed by atoms with E-state index in [4.69, 9.17) is 18.9 Å². The van der Waals surface area contributed by atoms with Gasteiger partial charge in [0.15, 0.2) is 12.6 Å². The van der Waals surface area contributed by atoms with Gasteiger partial charge in [0, 0.05) is 6.42 Å². The summed E-state index contributed by atoms with van der Waals surface area (Å²) < 4.78 is 23.1. The predicted molar refractivity (Wildman–Crippen MR) is 101 cm³/mol. The van der Waals surface area contributed by atoms with Gasteiger partial charge < -0.3 is 18.9 Å². The molecule has 0 N–H and O–H groups in total. The van der Waals surface area contributed by atoms with Crippen LogP contribution in [0.2, 0.25) is 0 Å². The third-order valence-corrected chi connectivity index (χ3v) is 3.54. The van der Waals surface area contributed by atoms with Crippen LogP contribution < -0.4 is 0 Å². The van der Waals surface area contributed by atoms with Gasteiger partial charge in [-0.1, -0.05) is 63.9 Å². The Bertz CT molecular complexity index is 456. The van der Waals surface area contributed by atoms with E-state index < -0.39 is 0 Å². The second-order valence-corrected chi connectivity index (χ2v) is 5.96. The van der Waals surface area contributed by atoms with Crippen LogP contribution in [-0.4, -0.2) is 20.0 Å². The minimum atomic E-state index is 0.153.